The predicted molar refractivity (Wildman–Crippen MR) is 59.9 cm³/mol. The molecule has 1 saturated heterocycles. The van der Waals surface area contributed by atoms with Crippen molar-refractivity contribution in [2.75, 3.05) is 26.7 Å². The SMILES string of the molecule is COC(=O)NCCCC1CCCNCC1. The van der Waals surface area contributed by atoms with E-state index in [2.05, 4.69) is 15.4 Å². The highest BCUT2D eigenvalue weighted by atomic mass is 16.5. The molecule has 4 heteroatoms. The second kappa shape index (κ2) is 7.51. The Morgan fingerprint density at radius 1 is 1.47 bits per heavy atom. The quantitative estimate of drug-likeness (QED) is 0.697. The summed E-state index contributed by atoms with van der Waals surface area (Å²) in [5, 5.41) is 6.12. The minimum Gasteiger partial charge on any atom is -0.453 e. The number of rotatable bonds is 4. The van der Waals surface area contributed by atoms with Gasteiger partial charge in [0.2, 0.25) is 0 Å². The van der Waals surface area contributed by atoms with Crippen LogP contribution in [0.1, 0.15) is 32.1 Å². The molecule has 0 aromatic rings. The molecule has 1 aliphatic heterocycles. The summed E-state index contributed by atoms with van der Waals surface area (Å²) < 4.78 is 4.50. The highest BCUT2D eigenvalue weighted by molar-refractivity contribution is 5.66. The van der Waals surface area contributed by atoms with Gasteiger partial charge in [-0.3, -0.25) is 0 Å². The summed E-state index contributed by atoms with van der Waals surface area (Å²) in [7, 11) is 1.40. The lowest BCUT2D eigenvalue weighted by Crippen LogP contribution is -2.24. The Morgan fingerprint density at radius 3 is 3.13 bits per heavy atom. The lowest BCUT2D eigenvalue weighted by molar-refractivity contribution is 0.170. The average molecular weight is 214 g/mol. The Balaban J connectivity index is 2.00. The van der Waals surface area contributed by atoms with Crippen LogP contribution < -0.4 is 10.6 Å². The third-order valence-electron chi connectivity index (χ3n) is 2.94. The number of amides is 1. The monoisotopic (exact) mass is 214 g/mol. The average Bonchev–Trinajstić information content (AvgIpc) is 2.52. The number of ether oxygens (including phenoxy) is 1. The van der Waals surface area contributed by atoms with Crippen molar-refractivity contribution in [3.8, 4) is 0 Å². The van der Waals surface area contributed by atoms with E-state index in [1.54, 1.807) is 0 Å². The van der Waals surface area contributed by atoms with Crippen LogP contribution in [0.15, 0.2) is 0 Å². The molecule has 1 fully saturated rings. The first-order chi connectivity index (χ1) is 7.33. The van der Waals surface area contributed by atoms with Crippen molar-refractivity contribution in [1.29, 1.82) is 0 Å². The third-order valence-corrected chi connectivity index (χ3v) is 2.94. The molecule has 0 aromatic carbocycles. The van der Waals surface area contributed by atoms with E-state index in [4.69, 9.17) is 0 Å². The maximum Gasteiger partial charge on any atom is 0.406 e. The van der Waals surface area contributed by atoms with E-state index in [9.17, 15) is 4.79 Å². The Bertz CT molecular complexity index is 177. The van der Waals surface area contributed by atoms with Gasteiger partial charge in [0, 0.05) is 6.54 Å². The number of carbonyl (C=O) groups excluding carboxylic acids is 1. The van der Waals surface area contributed by atoms with Crippen molar-refractivity contribution in [2.24, 2.45) is 5.92 Å². The molecule has 0 aromatic heterocycles. The predicted octanol–water partition coefficient (Wildman–Crippen LogP) is 1.51. The zero-order valence-corrected chi connectivity index (χ0v) is 9.55. The first-order valence-electron chi connectivity index (χ1n) is 5.85. The standard InChI is InChI=1S/C11H22N2O2/c1-15-11(14)13-8-3-5-10-4-2-7-12-9-6-10/h10,12H,2-9H2,1H3,(H,13,14). The van der Waals surface area contributed by atoms with Gasteiger partial charge in [0.25, 0.3) is 0 Å². The van der Waals surface area contributed by atoms with Crippen LogP contribution >= 0.6 is 0 Å². The van der Waals surface area contributed by atoms with Crippen LogP contribution in [-0.4, -0.2) is 32.8 Å². The molecule has 1 atom stereocenters. The van der Waals surface area contributed by atoms with Gasteiger partial charge < -0.3 is 15.4 Å². The van der Waals surface area contributed by atoms with Gasteiger partial charge in [-0.25, -0.2) is 4.79 Å². The first kappa shape index (κ1) is 12.3. The zero-order chi connectivity index (χ0) is 10.9. The van der Waals surface area contributed by atoms with Crippen molar-refractivity contribution >= 4 is 6.09 Å². The fourth-order valence-corrected chi connectivity index (χ4v) is 2.03. The lowest BCUT2D eigenvalue weighted by Gasteiger charge is -2.13. The van der Waals surface area contributed by atoms with Crippen LogP contribution in [-0.2, 0) is 4.74 Å². The van der Waals surface area contributed by atoms with E-state index < -0.39 is 0 Å². The highest BCUT2D eigenvalue weighted by Gasteiger charge is 2.11. The van der Waals surface area contributed by atoms with Gasteiger partial charge >= 0.3 is 6.09 Å². The smallest absolute Gasteiger partial charge is 0.406 e. The Hall–Kier alpha value is -0.770. The molecule has 0 bridgehead atoms. The van der Waals surface area contributed by atoms with Crippen LogP contribution in [0.2, 0.25) is 0 Å². The van der Waals surface area contributed by atoms with Gasteiger partial charge in [-0.05, 0) is 51.1 Å². The van der Waals surface area contributed by atoms with E-state index in [1.165, 1.54) is 32.8 Å². The van der Waals surface area contributed by atoms with Crippen molar-refractivity contribution in [3.63, 3.8) is 0 Å². The summed E-state index contributed by atoms with van der Waals surface area (Å²) in [5.74, 6) is 0.833. The Morgan fingerprint density at radius 2 is 2.33 bits per heavy atom. The third kappa shape index (κ3) is 5.62. The number of hydrogen-bond acceptors (Lipinski definition) is 3. The molecule has 2 N–H and O–H groups in total. The van der Waals surface area contributed by atoms with Crippen LogP contribution in [0.3, 0.4) is 0 Å². The van der Waals surface area contributed by atoms with Gasteiger partial charge in [0.05, 0.1) is 7.11 Å². The number of carbonyl (C=O) groups is 1. The summed E-state index contributed by atoms with van der Waals surface area (Å²) in [4.78, 5) is 10.8. The number of alkyl carbamates (subject to hydrolysis) is 1. The number of methoxy groups -OCH3 is 1. The molecule has 88 valence electrons. The fourth-order valence-electron chi connectivity index (χ4n) is 2.03. The maximum absolute atomic E-state index is 10.8. The van der Waals surface area contributed by atoms with Gasteiger partial charge in [-0.15, -0.1) is 0 Å². The molecular weight excluding hydrogens is 192 g/mol. The summed E-state index contributed by atoms with van der Waals surface area (Å²) in [5.41, 5.74) is 0. The molecule has 0 radical (unpaired) electrons. The van der Waals surface area contributed by atoms with Crippen molar-refractivity contribution in [2.45, 2.75) is 32.1 Å². The summed E-state index contributed by atoms with van der Waals surface area (Å²) in [6.07, 6.45) is 5.84. The van der Waals surface area contributed by atoms with E-state index in [1.807, 2.05) is 0 Å². The first-order valence-corrected chi connectivity index (χ1v) is 5.85. The van der Waals surface area contributed by atoms with Crippen LogP contribution in [0.4, 0.5) is 4.79 Å². The maximum atomic E-state index is 10.8. The molecule has 0 aliphatic carbocycles. The largest absolute Gasteiger partial charge is 0.453 e. The summed E-state index contributed by atoms with van der Waals surface area (Å²) in [6, 6.07) is 0. The van der Waals surface area contributed by atoms with Crippen molar-refractivity contribution in [3.05, 3.63) is 0 Å². The summed E-state index contributed by atoms with van der Waals surface area (Å²) >= 11 is 0. The van der Waals surface area contributed by atoms with Crippen LogP contribution in [0, 0.1) is 5.92 Å². The number of hydrogen-bond donors (Lipinski definition) is 2. The van der Waals surface area contributed by atoms with E-state index in [-0.39, 0.29) is 6.09 Å². The molecule has 1 heterocycles. The Labute approximate surface area is 91.8 Å². The molecule has 0 spiro atoms. The molecule has 1 amide bonds. The normalized spacial score (nSPS) is 21.8. The van der Waals surface area contributed by atoms with E-state index in [0.29, 0.717) is 0 Å². The molecule has 4 nitrogen and oxygen atoms in total. The molecule has 0 saturated carbocycles. The van der Waals surface area contributed by atoms with Crippen molar-refractivity contribution < 1.29 is 9.53 Å². The molecule has 15 heavy (non-hydrogen) atoms. The minimum atomic E-state index is -0.322. The number of nitrogens with one attached hydrogen (secondary N) is 2. The zero-order valence-electron chi connectivity index (χ0n) is 9.55. The molecule has 1 rings (SSSR count). The molecule has 1 unspecified atom stereocenters. The van der Waals surface area contributed by atoms with Gasteiger partial charge in [0.15, 0.2) is 0 Å². The second-order valence-corrected chi connectivity index (χ2v) is 4.11. The molecule has 1 aliphatic rings. The lowest BCUT2D eigenvalue weighted by atomic mass is 9.95. The Kier molecular flexibility index (Phi) is 6.16. The van der Waals surface area contributed by atoms with E-state index in [0.717, 1.165) is 32.0 Å². The molecular formula is C11H22N2O2. The second-order valence-electron chi connectivity index (χ2n) is 4.11. The summed E-state index contributed by atoms with van der Waals surface area (Å²) in [6.45, 7) is 3.04. The van der Waals surface area contributed by atoms with Gasteiger partial charge in [0.1, 0.15) is 0 Å². The van der Waals surface area contributed by atoms with E-state index >= 15 is 0 Å². The topological polar surface area (TPSA) is 50.4 Å². The minimum absolute atomic E-state index is 0.322. The van der Waals surface area contributed by atoms with Crippen molar-refractivity contribution in [1.82, 2.24) is 10.6 Å². The van der Waals surface area contributed by atoms with Crippen LogP contribution in [0.25, 0.3) is 0 Å². The van der Waals surface area contributed by atoms with Gasteiger partial charge in [-0.2, -0.15) is 0 Å². The fraction of sp³-hybridized carbons (Fsp3) is 0.909. The van der Waals surface area contributed by atoms with Gasteiger partial charge in [-0.1, -0.05) is 0 Å². The highest BCUT2D eigenvalue weighted by Crippen LogP contribution is 2.18. The van der Waals surface area contributed by atoms with Crippen LogP contribution in [0.5, 0.6) is 0 Å².